The zero-order valence-corrected chi connectivity index (χ0v) is 16.9. The van der Waals surface area contributed by atoms with Crippen LogP contribution in [0.1, 0.15) is 26.3 Å². The van der Waals surface area contributed by atoms with Crippen LogP contribution in [0, 0.1) is 5.92 Å². The first-order chi connectivity index (χ1) is 13.2. The van der Waals surface area contributed by atoms with E-state index in [1.54, 1.807) is 33.9 Å². The third-order valence-electron chi connectivity index (χ3n) is 4.83. The van der Waals surface area contributed by atoms with Gasteiger partial charge in [0, 0.05) is 13.7 Å². The SMILES string of the molecule is COCOc1cccc(C23OC2CN(C(=O)OC(C)(C)C)CC3C(=O)OC)c1. The van der Waals surface area contributed by atoms with Gasteiger partial charge in [-0.2, -0.15) is 0 Å². The van der Waals surface area contributed by atoms with Gasteiger partial charge < -0.3 is 28.6 Å². The topological polar surface area (TPSA) is 86.8 Å². The average molecular weight is 393 g/mol. The number of hydrogen-bond acceptors (Lipinski definition) is 7. The Bertz CT molecular complexity index is 744. The van der Waals surface area contributed by atoms with Gasteiger partial charge in [0.15, 0.2) is 6.79 Å². The van der Waals surface area contributed by atoms with Gasteiger partial charge in [0.2, 0.25) is 0 Å². The molecular formula is C20H27NO7. The minimum absolute atomic E-state index is 0.119. The van der Waals surface area contributed by atoms with E-state index in [1.165, 1.54) is 12.0 Å². The Morgan fingerprint density at radius 1 is 1.25 bits per heavy atom. The Morgan fingerprint density at radius 2 is 2.00 bits per heavy atom. The maximum absolute atomic E-state index is 12.6. The van der Waals surface area contributed by atoms with Gasteiger partial charge in [0.1, 0.15) is 29.0 Å². The van der Waals surface area contributed by atoms with E-state index in [4.69, 9.17) is 23.7 Å². The van der Waals surface area contributed by atoms with Gasteiger partial charge in [-0.15, -0.1) is 0 Å². The quantitative estimate of drug-likeness (QED) is 0.431. The summed E-state index contributed by atoms with van der Waals surface area (Å²) >= 11 is 0. The van der Waals surface area contributed by atoms with E-state index in [9.17, 15) is 9.59 Å². The number of nitrogens with zero attached hydrogens (tertiary/aromatic N) is 1. The normalized spacial score (nSPS) is 26.2. The van der Waals surface area contributed by atoms with Crippen LogP contribution >= 0.6 is 0 Å². The largest absolute Gasteiger partial charge is 0.469 e. The smallest absolute Gasteiger partial charge is 0.410 e. The highest BCUT2D eigenvalue weighted by molar-refractivity contribution is 5.78. The first-order valence-corrected chi connectivity index (χ1v) is 9.17. The summed E-state index contributed by atoms with van der Waals surface area (Å²) in [6.45, 7) is 6.02. The molecule has 8 heteroatoms. The van der Waals surface area contributed by atoms with E-state index in [-0.39, 0.29) is 19.4 Å². The number of epoxide rings is 1. The Labute approximate surface area is 164 Å². The van der Waals surface area contributed by atoms with E-state index >= 15 is 0 Å². The molecule has 28 heavy (non-hydrogen) atoms. The van der Waals surface area contributed by atoms with E-state index in [1.807, 2.05) is 18.2 Å². The summed E-state index contributed by atoms with van der Waals surface area (Å²) in [6, 6.07) is 7.36. The highest BCUT2D eigenvalue weighted by Crippen LogP contribution is 2.56. The van der Waals surface area contributed by atoms with Gasteiger partial charge in [0.25, 0.3) is 0 Å². The molecule has 3 atom stereocenters. The third kappa shape index (κ3) is 3.93. The van der Waals surface area contributed by atoms with Crippen molar-refractivity contribution < 1.29 is 33.3 Å². The predicted molar refractivity (Wildman–Crippen MR) is 98.8 cm³/mol. The van der Waals surface area contributed by atoms with Crippen molar-refractivity contribution in [1.29, 1.82) is 0 Å². The van der Waals surface area contributed by atoms with Gasteiger partial charge in [0.05, 0.1) is 13.7 Å². The molecular weight excluding hydrogens is 366 g/mol. The van der Waals surface area contributed by atoms with Crippen molar-refractivity contribution in [3.8, 4) is 5.75 Å². The fourth-order valence-corrected chi connectivity index (χ4v) is 3.59. The lowest BCUT2D eigenvalue weighted by Gasteiger charge is -2.35. The first-order valence-electron chi connectivity index (χ1n) is 9.17. The van der Waals surface area contributed by atoms with E-state index in [0.29, 0.717) is 12.3 Å². The highest BCUT2D eigenvalue weighted by atomic mass is 16.7. The molecule has 8 nitrogen and oxygen atoms in total. The summed E-state index contributed by atoms with van der Waals surface area (Å²) in [5, 5.41) is 0. The standard InChI is InChI=1S/C20H27NO7/c1-19(2,3)28-18(23)21-10-15(17(22)25-5)20(16(11-21)27-20)13-7-6-8-14(9-13)26-12-24-4/h6-9,15-16H,10-12H2,1-5H3. The van der Waals surface area contributed by atoms with Crippen molar-refractivity contribution in [3.05, 3.63) is 29.8 Å². The molecule has 3 unspecified atom stereocenters. The number of likely N-dealkylation sites (tertiary alicyclic amines) is 1. The molecule has 0 radical (unpaired) electrons. The lowest BCUT2D eigenvalue weighted by Crippen LogP contribution is -2.51. The molecule has 3 rings (SSSR count). The molecule has 0 spiro atoms. The summed E-state index contributed by atoms with van der Waals surface area (Å²) in [6.07, 6.45) is -0.793. The Kier molecular flexibility index (Phi) is 5.54. The van der Waals surface area contributed by atoms with E-state index < -0.39 is 29.2 Å². The van der Waals surface area contributed by atoms with Gasteiger partial charge in [-0.25, -0.2) is 4.79 Å². The Hall–Kier alpha value is -2.32. The Morgan fingerprint density at radius 3 is 2.64 bits per heavy atom. The zero-order valence-electron chi connectivity index (χ0n) is 16.9. The molecule has 2 saturated heterocycles. The molecule has 154 valence electrons. The van der Waals surface area contributed by atoms with Crippen molar-refractivity contribution in [2.75, 3.05) is 34.1 Å². The number of fused-ring (bicyclic) bond motifs is 1. The number of piperidine rings is 1. The van der Waals surface area contributed by atoms with Crippen LogP contribution < -0.4 is 4.74 Å². The fraction of sp³-hybridized carbons (Fsp3) is 0.600. The zero-order chi connectivity index (χ0) is 20.5. The minimum atomic E-state index is -0.835. The van der Waals surface area contributed by atoms with Gasteiger partial charge in [-0.05, 0) is 38.5 Å². The lowest BCUT2D eigenvalue weighted by molar-refractivity contribution is -0.149. The molecule has 2 aliphatic rings. The van der Waals surface area contributed by atoms with Gasteiger partial charge in [-0.1, -0.05) is 12.1 Å². The molecule has 0 aromatic heterocycles. The Balaban J connectivity index is 1.85. The van der Waals surface area contributed by atoms with E-state index in [0.717, 1.165) is 5.56 Å². The van der Waals surface area contributed by atoms with Crippen molar-refractivity contribution in [2.45, 2.75) is 38.1 Å². The minimum Gasteiger partial charge on any atom is -0.469 e. The van der Waals surface area contributed by atoms with Crippen LogP contribution in [-0.2, 0) is 29.3 Å². The van der Waals surface area contributed by atoms with Crippen LogP contribution in [0.25, 0.3) is 0 Å². The van der Waals surface area contributed by atoms with Crippen LogP contribution in [0.2, 0.25) is 0 Å². The number of carbonyl (C=O) groups excluding carboxylic acids is 2. The maximum atomic E-state index is 12.6. The molecule has 0 bridgehead atoms. The predicted octanol–water partition coefficient (Wildman–Crippen LogP) is 2.30. The number of benzene rings is 1. The molecule has 1 amide bonds. The summed E-state index contributed by atoms with van der Waals surface area (Å²) in [5.41, 5.74) is -0.646. The van der Waals surface area contributed by atoms with Gasteiger partial charge in [-0.3, -0.25) is 4.79 Å². The second-order valence-electron chi connectivity index (χ2n) is 7.94. The van der Waals surface area contributed by atoms with Crippen LogP contribution in [0.15, 0.2) is 24.3 Å². The van der Waals surface area contributed by atoms with E-state index in [2.05, 4.69) is 0 Å². The summed E-state index contributed by atoms with van der Waals surface area (Å²) < 4.78 is 26.9. The number of esters is 1. The molecule has 0 aliphatic carbocycles. The summed E-state index contributed by atoms with van der Waals surface area (Å²) in [4.78, 5) is 26.6. The molecule has 1 aromatic carbocycles. The fourth-order valence-electron chi connectivity index (χ4n) is 3.59. The summed E-state index contributed by atoms with van der Waals surface area (Å²) in [7, 11) is 2.88. The lowest BCUT2D eigenvalue weighted by atomic mass is 9.80. The van der Waals surface area contributed by atoms with Crippen molar-refractivity contribution in [1.82, 2.24) is 4.90 Å². The molecule has 0 N–H and O–H groups in total. The number of rotatable bonds is 5. The monoisotopic (exact) mass is 393 g/mol. The van der Waals surface area contributed by atoms with Crippen LogP contribution in [0.5, 0.6) is 5.75 Å². The number of hydrogen-bond donors (Lipinski definition) is 0. The van der Waals surface area contributed by atoms with Crippen LogP contribution in [0.3, 0.4) is 0 Å². The molecule has 2 fully saturated rings. The number of amides is 1. The van der Waals surface area contributed by atoms with Crippen LogP contribution in [0.4, 0.5) is 4.79 Å². The molecule has 2 aliphatic heterocycles. The highest BCUT2D eigenvalue weighted by Gasteiger charge is 2.68. The molecule has 2 heterocycles. The number of carbonyl (C=O) groups is 2. The van der Waals surface area contributed by atoms with Crippen molar-refractivity contribution in [3.63, 3.8) is 0 Å². The average Bonchev–Trinajstić information content (AvgIpc) is 3.39. The van der Waals surface area contributed by atoms with Gasteiger partial charge >= 0.3 is 12.1 Å². The third-order valence-corrected chi connectivity index (χ3v) is 4.83. The molecule has 0 saturated carbocycles. The summed E-state index contributed by atoms with van der Waals surface area (Å²) in [5.74, 6) is -0.485. The second kappa shape index (κ2) is 7.60. The van der Waals surface area contributed by atoms with Crippen molar-refractivity contribution in [2.24, 2.45) is 5.92 Å². The number of ether oxygens (including phenoxy) is 5. The van der Waals surface area contributed by atoms with Crippen molar-refractivity contribution >= 4 is 12.1 Å². The van der Waals surface area contributed by atoms with Crippen LogP contribution in [-0.4, -0.2) is 62.8 Å². The maximum Gasteiger partial charge on any atom is 0.410 e. The number of methoxy groups -OCH3 is 2. The molecule has 1 aromatic rings. The first kappa shape index (κ1) is 20.4. The second-order valence-corrected chi connectivity index (χ2v) is 7.94.